The molecule has 0 aromatic heterocycles. The van der Waals surface area contributed by atoms with Crippen molar-refractivity contribution in [2.75, 3.05) is 7.11 Å². The van der Waals surface area contributed by atoms with Crippen LogP contribution >= 0.6 is 0 Å². The van der Waals surface area contributed by atoms with E-state index >= 15 is 0 Å². The van der Waals surface area contributed by atoms with Crippen molar-refractivity contribution in [2.24, 2.45) is 5.41 Å². The van der Waals surface area contributed by atoms with Gasteiger partial charge in [-0.1, -0.05) is 6.42 Å². The summed E-state index contributed by atoms with van der Waals surface area (Å²) in [7, 11) is 1.66. The van der Waals surface area contributed by atoms with Crippen LogP contribution in [-0.2, 0) is 9.53 Å². The van der Waals surface area contributed by atoms with E-state index in [0.29, 0.717) is 0 Å². The highest BCUT2D eigenvalue weighted by molar-refractivity contribution is 5.61. The molecule has 0 heterocycles. The average molecular weight is 142 g/mol. The second-order valence-electron chi connectivity index (χ2n) is 3.08. The lowest BCUT2D eigenvalue weighted by Gasteiger charge is -2.40. The molecule has 0 saturated heterocycles. The fraction of sp³-hybridized carbons (Fsp3) is 0.875. The quantitative estimate of drug-likeness (QED) is 0.556. The molecule has 0 spiro atoms. The van der Waals surface area contributed by atoms with E-state index < -0.39 is 0 Å². The molecule has 1 rings (SSSR count). The maximum atomic E-state index is 10.6. The van der Waals surface area contributed by atoms with E-state index in [1.54, 1.807) is 7.11 Å². The highest BCUT2D eigenvalue weighted by Gasteiger charge is 2.41. The minimum atomic E-state index is -0.130. The van der Waals surface area contributed by atoms with Crippen LogP contribution in [0.4, 0.5) is 0 Å². The van der Waals surface area contributed by atoms with Crippen LogP contribution in [0.1, 0.15) is 26.2 Å². The Kier molecular flexibility index (Phi) is 2.09. The summed E-state index contributed by atoms with van der Waals surface area (Å²) in [5.41, 5.74) is -0.130. The monoisotopic (exact) mass is 142 g/mol. The summed E-state index contributed by atoms with van der Waals surface area (Å²) < 4.78 is 5.12. The van der Waals surface area contributed by atoms with Crippen LogP contribution in [0.5, 0.6) is 0 Å². The number of methoxy groups -OCH3 is 1. The zero-order chi connectivity index (χ0) is 7.61. The summed E-state index contributed by atoms with van der Waals surface area (Å²) in [6.07, 6.45) is 4.34. The van der Waals surface area contributed by atoms with Gasteiger partial charge in [-0.2, -0.15) is 0 Å². The topological polar surface area (TPSA) is 26.3 Å². The van der Waals surface area contributed by atoms with Crippen molar-refractivity contribution in [2.45, 2.75) is 32.3 Å². The van der Waals surface area contributed by atoms with Crippen LogP contribution in [0.3, 0.4) is 0 Å². The molecule has 0 amide bonds. The second kappa shape index (κ2) is 2.70. The van der Waals surface area contributed by atoms with Crippen molar-refractivity contribution < 1.29 is 9.53 Å². The molecular formula is C8H14O2. The van der Waals surface area contributed by atoms with Gasteiger partial charge in [0.15, 0.2) is 0 Å². The highest BCUT2D eigenvalue weighted by atomic mass is 16.5. The minimum absolute atomic E-state index is 0.0961. The summed E-state index contributed by atoms with van der Waals surface area (Å²) in [6, 6.07) is 0. The van der Waals surface area contributed by atoms with E-state index in [1.165, 1.54) is 6.42 Å². The Morgan fingerprint density at radius 1 is 1.60 bits per heavy atom. The molecule has 0 bridgehead atoms. The Bertz CT molecular complexity index is 127. The fourth-order valence-corrected chi connectivity index (χ4v) is 1.44. The van der Waals surface area contributed by atoms with Gasteiger partial charge in [-0.3, -0.25) is 0 Å². The number of hydrogen-bond acceptors (Lipinski definition) is 2. The van der Waals surface area contributed by atoms with Crippen molar-refractivity contribution in [3.05, 3.63) is 0 Å². The van der Waals surface area contributed by atoms with Gasteiger partial charge in [0.05, 0.1) is 11.5 Å². The van der Waals surface area contributed by atoms with Gasteiger partial charge < -0.3 is 9.53 Å². The Balaban J connectivity index is 2.54. The first-order valence-corrected chi connectivity index (χ1v) is 3.74. The van der Waals surface area contributed by atoms with Gasteiger partial charge in [-0.25, -0.2) is 0 Å². The normalized spacial score (nSPS) is 25.0. The number of ether oxygens (including phenoxy) is 1. The third kappa shape index (κ3) is 0.966. The average Bonchev–Trinajstić information content (AvgIpc) is 1.86. The van der Waals surface area contributed by atoms with Crippen LogP contribution in [-0.4, -0.2) is 19.5 Å². The Morgan fingerprint density at radius 3 is 2.30 bits per heavy atom. The predicted molar refractivity (Wildman–Crippen MR) is 38.8 cm³/mol. The minimum Gasteiger partial charge on any atom is -0.381 e. The number of carbonyl (C=O) groups is 1. The Labute approximate surface area is 61.6 Å². The van der Waals surface area contributed by atoms with Crippen molar-refractivity contribution in [3.8, 4) is 0 Å². The number of rotatable bonds is 3. The van der Waals surface area contributed by atoms with E-state index in [0.717, 1.165) is 19.1 Å². The molecule has 0 aliphatic heterocycles. The van der Waals surface area contributed by atoms with Crippen LogP contribution in [0.15, 0.2) is 0 Å². The van der Waals surface area contributed by atoms with E-state index in [2.05, 4.69) is 0 Å². The van der Waals surface area contributed by atoms with E-state index in [-0.39, 0.29) is 11.5 Å². The smallest absolute Gasteiger partial charge is 0.128 e. The maximum absolute atomic E-state index is 10.6. The lowest BCUT2D eigenvalue weighted by Crippen LogP contribution is -2.42. The van der Waals surface area contributed by atoms with Gasteiger partial charge in [0.2, 0.25) is 0 Å². The van der Waals surface area contributed by atoms with Crippen molar-refractivity contribution in [1.82, 2.24) is 0 Å². The molecule has 2 nitrogen and oxygen atoms in total. The van der Waals surface area contributed by atoms with Crippen LogP contribution < -0.4 is 0 Å². The first-order valence-electron chi connectivity index (χ1n) is 3.74. The number of aldehydes is 1. The summed E-state index contributed by atoms with van der Waals surface area (Å²) in [5, 5.41) is 0. The standard InChI is InChI=1S/C8H14O2/c1-7(10-2)8(6-9)4-3-5-8/h6-7H,3-5H2,1-2H3. The summed E-state index contributed by atoms with van der Waals surface area (Å²) in [5.74, 6) is 0. The lowest BCUT2D eigenvalue weighted by molar-refractivity contribution is -0.131. The summed E-state index contributed by atoms with van der Waals surface area (Å²) in [6.45, 7) is 1.97. The summed E-state index contributed by atoms with van der Waals surface area (Å²) >= 11 is 0. The molecule has 1 atom stereocenters. The maximum Gasteiger partial charge on any atom is 0.128 e. The highest BCUT2D eigenvalue weighted by Crippen LogP contribution is 2.42. The van der Waals surface area contributed by atoms with E-state index in [1.807, 2.05) is 6.92 Å². The third-order valence-electron chi connectivity index (χ3n) is 2.68. The van der Waals surface area contributed by atoms with Gasteiger partial charge in [0.1, 0.15) is 6.29 Å². The lowest BCUT2D eigenvalue weighted by atomic mass is 9.66. The molecule has 1 unspecified atom stereocenters. The van der Waals surface area contributed by atoms with Crippen molar-refractivity contribution in [1.29, 1.82) is 0 Å². The Hall–Kier alpha value is -0.370. The van der Waals surface area contributed by atoms with E-state index in [4.69, 9.17) is 4.74 Å². The molecule has 0 radical (unpaired) electrons. The van der Waals surface area contributed by atoms with Crippen molar-refractivity contribution >= 4 is 6.29 Å². The largest absolute Gasteiger partial charge is 0.381 e. The molecule has 10 heavy (non-hydrogen) atoms. The number of hydrogen-bond donors (Lipinski definition) is 0. The van der Waals surface area contributed by atoms with Crippen molar-refractivity contribution in [3.63, 3.8) is 0 Å². The molecule has 0 aromatic carbocycles. The molecule has 1 fully saturated rings. The SMILES string of the molecule is COC(C)C1(C=O)CCC1. The molecular weight excluding hydrogens is 128 g/mol. The zero-order valence-corrected chi connectivity index (χ0v) is 6.59. The van der Waals surface area contributed by atoms with Gasteiger partial charge in [0.25, 0.3) is 0 Å². The fourth-order valence-electron chi connectivity index (χ4n) is 1.44. The molecule has 58 valence electrons. The first-order chi connectivity index (χ1) is 4.75. The summed E-state index contributed by atoms with van der Waals surface area (Å²) in [4.78, 5) is 10.6. The molecule has 2 heteroatoms. The molecule has 1 aliphatic rings. The zero-order valence-electron chi connectivity index (χ0n) is 6.59. The molecule has 0 N–H and O–H groups in total. The van der Waals surface area contributed by atoms with E-state index in [9.17, 15) is 4.79 Å². The molecule has 1 aliphatic carbocycles. The van der Waals surface area contributed by atoms with Gasteiger partial charge >= 0.3 is 0 Å². The van der Waals surface area contributed by atoms with Crippen LogP contribution in [0.25, 0.3) is 0 Å². The Morgan fingerprint density at radius 2 is 2.20 bits per heavy atom. The number of carbonyl (C=O) groups excluding carboxylic acids is 1. The first kappa shape index (κ1) is 7.73. The molecule has 0 aromatic rings. The van der Waals surface area contributed by atoms with Gasteiger partial charge in [-0.05, 0) is 19.8 Å². The third-order valence-corrected chi connectivity index (χ3v) is 2.68. The predicted octanol–water partition coefficient (Wildman–Crippen LogP) is 1.39. The molecule has 1 saturated carbocycles. The van der Waals surface area contributed by atoms with Gasteiger partial charge in [-0.15, -0.1) is 0 Å². The van der Waals surface area contributed by atoms with Crippen LogP contribution in [0, 0.1) is 5.41 Å². The van der Waals surface area contributed by atoms with Gasteiger partial charge in [0, 0.05) is 7.11 Å². The van der Waals surface area contributed by atoms with Crippen LogP contribution in [0.2, 0.25) is 0 Å². The second-order valence-corrected chi connectivity index (χ2v) is 3.08.